The Morgan fingerprint density at radius 1 is 1.26 bits per heavy atom. The molecular formula is C23H35N5O3. The molecule has 1 aromatic carbocycles. The maximum atomic E-state index is 12.1. The van der Waals surface area contributed by atoms with E-state index in [1.807, 2.05) is 0 Å². The Kier molecular flexibility index (Phi) is 6.85. The summed E-state index contributed by atoms with van der Waals surface area (Å²) in [4.78, 5) is 21.5. The van der Waals surface area contributed by atoms with E-state index in [4.69, 9.17) is 14.5 Å². The van der Waals surface area contributed by atoms with E-state index in [1.54, 1.807) is 7.11 Å². The van der Waals surface area contributed by atoms with E-state index in [2.05, 4.69) is 46.4 Å². The van der Waals surface area contributed by atoms with E-state index in [-0.39, 0.29) is 12.0 Å². The van der Waals surface area contributed by atoms with Crippen molar-refractivity contribution >= 4 is 11.9 Å². The Morgan fingerprint density at radius 3 is 2.71 bits per heavy atom. The van der Waals surface area contributed by atoms with Gasteiger partial charge in [0.2, 0.25) is 5.91 Å². The number of nitrogens with zero attached hydrogens (tertiary/aromatic N) is 3. The van der Waals surface area contributed by atoms with Crippen molar-refractivity contribution in [1.82, 2.24) is 20.4 Å². The number of carbonyl (C=O) groups is 1. The summed E-state index contributed by atoms with van der Waals surface area (Å²) in [5.74, 6) is 2.86. The van der Waals surface area contributed by atoms with Crippen LogP contribution in [-0.2, 0) is 17.8 Å². The summed E-state index contributed by atoms with van der Waals surface area (Å²) in [6.45, 7) is 9.41. The highest BCUT2D eigenvalue weighted by Gasteiger charge is 2.26. The van der Waals surface area contributed by atoms with Crippen LogP contribution < -0.4 is 20.1 Å². The van der Waals surface area contributed by atoms with Gasteiger partial charge in [-0.1, -0.05) is 0 Å². The molecule has 2 heterocycles. The molecule has 8 heteroatoms. The van der Waals surface area contributed by atoms with Crippen LogP contribution in [-0.4, -0.2) is 80.2 Å². The van der Waals surface area contributed by atoms with Gasteiger partial charge < -0.3 is 25.0 Å². The van der Waals surface area contributed by atoms with Gasteiger partial charge in [0.1, 0.15) is 17.6 Å². The minimum Gasteiger partial charge on any atom is -0.496 e. The van der Waals surface area contributed by atoms with Crippen molar-refractivity contribution in [3.05, 3.63) is 23.3 Å². The van der Waals surface area contributed by atoms with Crippen LogP contribution in [0.3, 0.4) is 0 Å². The zero-order chi connectivity index (χ0) is 21.8. The van der Waals surface area contributed by atoms with E-state index >= 15 is 0 Å². The molecule has 0 radical (unpaired) electrons. The summed E-state index contributed by atoms with van der Waals surface area (Å²) in [5, 5.41) is 6.49. The van der Waals surface area contributed by atoms with Crippen LogP contribution >= 0.6 is 0 Å². The average Bonchev–Trinajstić information content (AvgIpc) is 3.49. The third kappa shape index (κ3) is 5.61. The Bertz CT molecular complexity index is 816. The van der Waals surface area contributed by atoms with Crippen molar-refractivity contribution in [2.45, 2.75) is 51.8 Å². The summed E-state index contributed by atoms with van der Waals surface area (Å²) < 4.78 is 11.5. The number of rotatable bonds is 7. The molecule has 1 atom stereocenters. The van der Waals surface area contributed by atoms with E-state index < -0.39 is 0 Å². The fourth-order valence-electron chi connectivity index (χ4n) is 4.20. The standard InChI is InChI=1S/C23H35N5O3/c1-4-24-23(28-9-7-27(8-10-28)15-22(29)26-19-5-6-19)25-14-18-13-21-17(11-16(2)31-21)12-20(18)30-3/h12-13,16,19H,4-11,14-15H2,1-3H3,(H,24,25)(H,26,29). The van der Waals surface area contributed by atoms with Gasteiger partial charge >= 0.3 is 0 Å². The van der Waals surface area contributed by atoms with Gasteiger partial charge in [0.25, 0.3) is 0 Å². The Morgan fingerprint density at radius 2 is 2.03 bits per heavy atom. The molecule has 0 spiro atoms. The van der Waals surface area contributed by atoms with Gasteiger partial charge in [-0.15, -0.1) is 0 Å². The smallest absolute Gasteiger partial charge is 0.234 e. The van der Waals surface area contributed by atoms with Crippen LogP contribution in [0.25, 0.3) is 0 Å². The Labute approximate surface area is 185 Å². The lowest BCUT2D eigenvalue weighted by Crippen LogP contribution is -2.54. The van der Waals surface area contributed by atoms with Crippen LogP contribution in [0.2, 0.25) is 0 Å². The second kappa shape index (κ2) is 9.77. The molecule has 3 aliphatic rings. The molecule has 2 N–H and O–H groups in total. The minimum absolute atomic E-state index is 0.150. The first-order valence-electron chi connectivity index (χ1n) is 11.5. The molecule has 0 aromatic heterocycles. The van der Waals surface area contributed by atoms with E-state index in [9.17, 15) is 4.79 Å². The van der Waals surface area contributed by atoms with Gasteiger partial charge in [0.15, 0.2) is 5.96 Å². The topological polar surface area (TPSA) is 78.4 Å². The number of piperazine rings is 1. The van der Waals surface area contributed by atoms with Crippen LogP contribution in [0.4, 0.5) is 0 Å². The van der Waals surface area contributed by atoms with Crippen molar-refractivity contribution in [3.63, 3.8) is 0 Å². The molecule has 170 valence electrons. The zero-order valence-corrected chi connectivity index (χ0v) is 18.9. The van der Waals surface area contributed by atoms with Crippen LogP contribution in [0.5, 0.6) is 11.5 Å². The number of benzene rings is 1. The third-order valence-corrected chi connectivity index (χ3v) is 6.01. The molecule has 1 aliphatic carbocycles. The first kappa shape index (κ1) is 21.7. The molecule has 8 nitrogen and oxygen atoms in total. The van der Waals surface area contributed by atoms with Gasteiger partial charge in [-0.05, 0) is 38.8 Å². The maximum absolute atomic E-state index is 12.1. The average molecular weight is 430 g/mol. The number of hydrogen-bond acceptors (Lipinski definition) is 5. The number of methoxy groups -OCH3 is 1. The molecule has 2 aliphatic heterocycles. The maximum Gasteiger partial charge on any atom is 0.234 e. The van der Waals surface area contributed by atoms with Gasteiger partial charge in [0.05, 0.1) is 20.2 Å². The lowest BCUT2D eigenvalue weighted by molar-refractivity contribution is -0.122. The molecule has 1 aromatic rings. The summed E-state index contributed by atoms with van der Waals surface area (Å²) >= 11 is 0. The second-order valence-electron chi connectivity index (χ2n) is 8.68. The third-order valence-electron chi connectivity index (χ3n) is 6.01. The largest absolute Gasteiger partial charge is 0.496 e. The molecular weight excluding hydrogens is 394 g/mol. The molecule has 1 saturated carbocycles. The Hall–Kier alpha value is -2.48. The summed E-state index contributed by atoms with van der Waals surface area (Å²) in [6, 6.07) is 4.58. The van der Waals surface area contributed by atoms with E-state index in [1.165, 1.54) is 5.56 Å². The monoisotopic (exact) mass is 429 g/mol. The highest BCUT2D eigenvalue weighted by Crippen LogP contribution is 2.35. The summed E-state index contributed by atoms with van der Waals surface area (Å²) in [5.41, 5.74) is 2.23. The first-order valence-corrected chi connectivity index (χ1v) is 11.5. The predicted octanol–water partition coefficient (Wildman–Crippen LogP) is 1.38. The molecule has 31 heavy (non-hydrogen) atoms. The van der Waals surface area contributed by atoms with Crippen molar-refractivity contribution in [2.75, 3.05) is 46.4 Å². The number of carbonyl (C=O) groups excluding carboxylic acids is 1. The highest BCUT2D eigenvalue weighted by molar-refractivity contribution is 5.80. The zero-order valence-electron chi connectivity index (χ0n) is 18.9. The number of amides is 1. The normalized spacial score (nSPS) is 21.5. The number of guanidine groups is 1. The molecule has 4 rings (SSSR count). The van der Waals surface area contributed by atoms with Gasteiger partial charge in [-0.25, -0.2) is 4.99 Å². The van der Waals surface area contributed by atoms with Crippen molar-refractivity contribution in [1.29, 1.82) is 0 Å². The molecule has 1 amide bonds. The first-order chi connectivity index (χ1) is 15.1. The highest BCUT2D eigenvalue weighted by atomic mass is 16.5. The number of fused-ring (bicyclic) bond motifs is 1. The Balaban J connectivity index is 1.36. The summed E-state index contributed by atoms with van der Waals surface area (Å²) in [6.07, 6.45) is 3.38. The molecule has 0 bridgehead atoms. The lowest BCUT2D eigenvalue weighted by atomic mass is 10.1. The van der Waals surface area contributed by atoms with Gasteiger partial charge in [-0.3, -0.25) is 9.69 Å². The van der Waals surface area contributed by atoms with Crippen LogP contribution in [0.15, 0.2) is 17.1 Å². The minimum atomic E-state index is 0.150. The number of aliphatic imine (C=N–C) groups is 1. The number of ether oxygens (including phenoxy) is 2. The molecule has 1 saturated heterocycles. The van der Waals surface area contributed by atoms with E-state index in [0.717, 1.165) is 75.0 Å². The number of nitrogens with one attached hydrogen (secondary N) is 2. The van der Waals surface area contributed by atoms with Crippen molar-refractivity contribution in [2.24, 2.45) is 4.99 Å². The fraction of sp³-hybridized carbons (Fsp3) is 0.652. The van der Waals surface area contributed by atoms with Crippen LogP contribution in [0.1, 0.15) is 37.8 Å². The predicted molar refractivity (Wildman–Crippen MR) is 121 cm³/mol. The lowest BCUT2D eigenvalue weighted by Gasteiger charge is -2.36. The quantitative estimate of drug-likeness (QED) is 0.504. The van der Waals surface area contributed by atoms with Crippen molar-refractivity contribution in [3.8, 4) is 11.5 Å². The van der Waals surface area contributed by atoms with Crippen LogP contribution in [0, 0.1) is 0 Å². The second-order valence-corrected chi connectivity index (χ2v) is 8.68. The van der Waals surface area contributed by atoms with Crippen molar-refractivity contribution < 1.29 is 14.3 Å². The number of hydrogen-bond donors (Lipinski definition) is 2. The van der Waals surface area contributed by atoms with Gasteiger partial charge in [-0.2, -0.15) is 0 Å². The van der Waals surface area contributed by atoms with Gasteiger partial charge in [0, 0.05) is 56.3 Å². The summed E-state index contributed by atoms with van der Waals surface area (Å²) in [7, 11) is 1.71. The SMILES string of the molecule is CCNC(=NCc1cc2c(cc1OC)CC(C)O2)N1CCN(CC(=O)NC2CC2)CC1. The fourth-order valence-corrected chi connectivity index (χ4v) is 4.20. The molecule has 2 fully saturated rings. The van der Waals surface area contributed by atoms with E-state index in [0.29, 0.717) is 19.1 Å². The molecule has 1 unspecified atom stereocenters.